The number of hydrogen-bond acceptors (Lipinski definition) is 1. The Bertz CT molecular complexity index is 419. The zero-order valence-electron chi connectivity index (χ0n) is 11.2. The van der Waals surface area contributed by atoms with E-state index in [2.05, 4.69) is 19.9 Å². The van der Waals surface area contributed by atoms with Gasteiger partial charge in [-0.1, -0.05) is 25.5 Å². The summed E-state index contributed by atoms with van der Waals surface area (Å²) in [6.45, 7) is 6.74. The summed E-state index contributed by atoms with van der Waals surface area (Å²) in [5.41, 5.74) is 6.01. The van der Waals surface area contributed by atoms with Gasteiger partial charge in [-0.2, -0.15) is 0 Å². The molecule has 0 bridgehead atoms. The van der Waals surface area contributed by atoms with Gasteiger partial charge in [-0.3, -0.25) is 4.79 Å². The summed E-state index contributed by atoms with van der Waals surface area (Å²) in [5.74, 6) is 0. The van der Waals surface area contributed by atoms with Crippen molar-refractivity contribution in [1.82, 2.24) is 0 Å². The molecule has 0 N–H and O–H groups in total. The molecule has 0 fully saturated rings. The second-order valence-electron chi connectivity index (χ2n) is 5.91. The quantitative estimate of drug-likeness (QED) is 0.509. The number of carbonyl (C=O) groups is 1. The minimum Gasteiger partial charge on any atom is -0.299 e. The van der Waals surface area contributed by atoms with Gasteiger partial charge in [0.05, 0.1) is 0 Å². The Labute approximate surface area is 104 Å². The van der Waals surface area contributed by atoms with Crippen LogP contribution in [0.4, 0.5) is 0 Å². The third kappa shape index (κ3) is 2.43. The maximum atomic E-state index is 10.6. The minimum absolute atomic E-state index is 0.320. The zero-order chi connectivity index (χ0) is 12.5. The lowest BCUT2D eigenvalue weighted by Gasteiger charge is -2.36. The predicted octanol–water partition coefficient (Wildman–Crippen LogP) is 4.36. The fourth-order valence-corrected chi connectivity index (χ4v) is 3.10. The Kier molecular flexibility index (Phi) is 3.37. The molecule has 0 aliphatic heterocycles. The Balaban J connectivity index is 2.37. The van der Waals surface area contributed by atoms with Gasteiger partial charge in [-0.25, -0.2) is 0 Å². The van der Waals surface area contributed by atoms with Crippen LogP contribution in [-0.4, -0.2) is 6.29 Å². The molecule has 0 aromatic rings. The van der Waals surface area contributed by atoms with Crippen LogP contribution in [0.1, 0.15) is 52.9 Å². The number of rotatable bonds is 2. The maximum Gasteiger partial charge on any atom is 0.143 e. The molecule has 0 atom stereocenters. The molecule has 0 saturated carbocycles. The summed E-state index contributed by atoms with van der Waals surface area (Å²) >= 11 is 0. The van der Waals surface area contributed by atoms with Crippen molar-refractivity contribution in [3.63, 3.8) is 0 Å². The highest BCUT2D eigenvalue weighted by Crippen LogP contribution is 2.45. The molecule has 0 saturated heterocycles. The van der Waals surface area contributed by atoms with Crippen molar-refractivity contribution in [3.05, 3.63) is 34.4 Å². The average Bonchev–Trinajstić information content (AvgIpc) is 2.29. The summed E-state index contributed by atoms with van der Waals surface area (Å²) in [6, 6.07) is 0. The highest BCUT2D eigenvalue weighted by Gasteiger charge is 2.30. The van der Waals surface area contributed by atoms with E-state index in [0.29, 0.717) is 5.41 Å². The molecular formula is C16H22O. The fraction of sp³-hybridized carbons (Fsp3) is 0.562. The van der Waals surface area contributed by atoms with Gasteiger partial charge in [0.1, 0.15) is 6.29 Å². The third-order valence-electron chi connectivity index (χ3n) is 4.23. The topological polar surface area (TPSA) is 17.1 Å². The van der Waals surface area contributed by atoms with Gasteiger partial charge >= 0.3 is 0 Å². The summed E-state index contributed by atoms with van der Waals surface area (Å²) in [7, 11) is 0. The van der Waals surface area contributed by atoms with E-state index in [0.717, 1.165) is 18.3 Å². The molecule has 2 rings (SSSR count). The lowest BCUT2D eigenvalue weighted by molar-refractivity contribution is -0.104. The highest BCUT2D eigenvalue weighted by molar-refractivity contribution is 5.68. The second-order valence-corrected chi connectivity index (χ2v) is 5.91. The molecule has 2 aliphatic rings. The molecule has 1 nitrogen and oxygen atoms in total. The summed E-state index contributed by atoms with van der Waals surface area (Å²) in [4.78, 5) is 10.6. The molecule has 0 heterocycles. The molecule has 2 aliphatic carbocycles. The first kappa shape index (κ1) is 12.3. The monoisotopic (exact) mass is 230 g/mol. The van der Waals surface area contributed by atoms with Crippen molar-refractivity contribution in [2.24, 2.45) is 5.41 Å². The van der Waals surface area contributed by atoms with Crippen LogP contribution in [0.3, 0.4) is 0 Å². The average molecular weight is 230 g/mol. The van der Waals surface area contributed by atoms with Gasteiger partial charge < -0.3 is 0 Å². The summed E-state index contributed by atoms with van der Waals surface area (Å²) in [6.07, 6.45) is 11.1. The van der Waals surface area contributed by atoms with Crippen molar-refractivity contribution in [3.8, 4) is 0 Å². The molecule has 0 spiro atoms. The van der Waals surface area contributed by atoms with Gasteiger partial charge in [-0.05, 0) is 67.2 Å². The molecule has 1 heteroatoms. The van der Waals surface area contributed by atoms with E-state index in [1.807, 2.05) is 6.92 Å². The van der Waals surface area contributed by atoms with Crippen LogP contribution in [0.15, 0.2) is 34.4 Å². The van der Waals surface area contributed by atoms with Crippen LogP contribution in [-0.2, 0) is 4.79 Å². The minimum atomic E-state index is 0.320. The first-order chi connectivity index (χ1) is 8.04. The number of aldehydes is 1. The molecule has 17 heavy (non-hydrogen) atoms. The zero-order valence-corrected chi connectivity index (χ0v) is 11.2. The van der Waals surface area contributed by atoms with Crippen molar-refractivity contribution in [1.29, 1.82) is 0 Å². The fourth-order valence-electron chi connectivity index (χ4n) is 3.10. The van der Waals surface area contributed by atoms with Crippen LogP contribution in [0.2, 0.25) is 0 Å². The van der Waals surface area contributed by atoms with Gasteiger partial charge in [0.25, 0.3) is 0 Å². The van der Waals surface area contributed by atoms with E-state index in [1.165, 1.54) is 31.3 Å². The summed E-state index contributed by atoms with van der Waals surface area (Å²) in [5, 5.41) is 0. The number of carbonyl (C=O) groups excluding carboxylic acids is 1. The van der Waals surface area contributed by atoms with Crippen molar-refractivity contribution in [2.75, 3.05) is 0 Å². The summed E-state index contributed by atoms with van der Waals surface area (Å²) < 4.78 is 0. The Morgan fingerprint density at radius 2 is 2.06 bits per heavy atom. The SMILES string of the molecule is C/C(=C/C=O)C1=CC2=C(CCCC2(C)C)CC1. The Morgan fingerprint density at radius 3 is 2.76 bits per heavy atom. The third-order valence-corrected chi connectivity index (χ3v) is 4.23. The van der Waals surface area contributed by atoms with Crippen LogP contribution >= 0.6 is 0 Å². The smallest absolute Gasteiger partial charge is 0.143 e. The number of hydrogen-bond donors (Lipinski definition) is 0. The Morgan fingerprint density at radius 1 is 1.29 bits per heavy atom. The van der Waals surface area contributed by atoms with E-state index in [9.17, 15) is 4.79 Å². The van der Waals surface area contributed by atoms with Gasteiger partial charge in [0, 0.05) is 0 Å². The maximum absolute atomic E-state index is 10.6. The molecule has 0 unspecified atom stereocenters. The highest BCUT2D eigenvalue weighted by atomic mass is 16.1. The van der Waals surface area contributed by atoms with Crippen molar-refractivity contribution in [2.45, 2.75) is 52.9 Å². The standard InChI is InChI=1S/C16H22O/c1-12(8-10-17)14-7-6-13-5-4-9-16(2,3)15(13)11-14/h8,10-11H,4-7,9H2,1-3H3/b12-8-. The van der Waals surface area contributed by atoms with E-state index in [1.54, 1.807) is 17.2 Å². The molecule has 0 aromatic carbocycles. The van der Waals surface area contributed by atoms with Gasteiger partial charge in [-0.15, -0.1) is 0 Å². The lowest BCUT2D eigenvalue weighted by atomic mass is 9.68. The van der Waals surface area contributed by atoms with Crippen LogP contribution < -0.4 is 0 Å². The Hall–Kier alpha value is -1.11. The van der Waals surface area contributed by atoms with Gasteiger partial charge in [0.15, 0.2) is 0 Å². The van der Waals surface area contributed by atoms with Gasteiger partial charge in [0.2, 0.25) is 0 Å². The number of allylic oxidation sites excluding steroid dienone is 6. The first-order valence-corrected chi connectivity index (χ1v) is 6.60. The van der Waals surface area contributed by atoms with E-state index < -0.39 is 0 Å². The van der Waals surface area contributed by atoms with E-state index in [4.69, 9.17) is 0 Å². The van der Waals surface area contributed by atoms with Crippen LogP contribution in [0.5, 0.6) is 0 Å². The molecule has 0 aromatic heterocycles. The first-order valence-electron chi connectivity index (χ1n) is 6.60. The second kappa shape index (κ2) is 4.64. The molecule has 92 valence electrons. The normalized spacial score (nSPS) is 24.2. The molecule has 0 amide bonds. The largest absolute Gasteiger partial charge is 0.299 e. The lowest BCUT2D eigenvalue weighted by Crippen LogP contribution is -2.22. The predicted molar refractivity (Wildman–Crippen MR) is 71.8 cm³/mol. The molecule has 0 radical (unpaired) electrons. The van der Waals surface area contributed by atoms with Crippen LogP contribution in [0, 0.1) is 5.41 Å². The van der Waals surface area contributed by atoms with E-state index >= 15 is 0 Å². The van der Waals surface area contributed by atoms with Crippen molar-refractivity contribution < 1.29 is 4.79 Å². The molecular weight excluding hydrogens is 208 g/mol. The van der Waals surface area contributed by atoms with Crippen molar-refractivity contribution >= 4 is 6.29 Å². The van der Waals surface area contributed by atoms with Crippen LogP contribution in [0.25, 0.3) is 0 Å². The van der Waals surface area contributed by atoms with E-state index in [-0.39, 0.29) is 0 Å².